The van der Waals surface area contributed by atoms with Crippen LogP contribution in [0.5, 0.6) is 11.5 Å². The van der Waals surface area contributed by atoms with Crippen molar-refractivity contribution < 1.29 is 27.1 Å². The monoisotopic (exact) mass is 546 g/mol. The van der Waals surface area contributed by atoms with E-state index in [1.165, 1.54) is 38.5 Å². The van der Waals surface area contributed by atoms with E-state index in [0.717, 1.165) is 9.87 Å². The number of sulfonamides is 1. The average molecular weight is 547 g/mol. The highest BCUT2D eigenvalue weighted by Crippen LogP contribution is 2.35. The lowest BCUT2D eigenvalue weighted by Gasteiger charge is -2.26. The summed E-state index contributed by atoms with van der Waals surface area (Å²) < 4.78 is 52.7. The maximum atomic E-state index is 13.7. The van der Waals surface area contributed by atoms with Gasteiger partial charge in [-0.2, -0.15) is 11.8 Å². The van der Waals surface area contributed by atoms with Crippen LogP contribution in [0.25, 0.3) is 0 Å². The molecule has 7 nitrogen and oxygen atoms in total. The summed E-state index contributed by atoms with van der Waals surface area (Å²) in [5, 5.41) is 2.79. The van der Waals surface area contributed by atoms with Gasteiger partial charge in [0.25, 0.3) is 10.0 Å². The lowest BCUT2D eigenvalue weighted by molar-refractivity contribution is -0.119. The number of methoxy groups -OCH3 is 2. The third kappa shape index (κ3) is 7.62. The zero-order valence-electron chi connectivity index (χ0n) is 21.1. The van der Waals surface area contributed by atoms with Gasteiger partial charge in [0.2, 0.25) is 5.91 Å². The number of amides is 1. The van der Waals surface area contributed by atoms with E-state index in [-0.39, 0.29) is 22.1 Å². The van der Waals surface area contributed by atoms with Crippen molar-refractivity contribution in [1.82, 2.24) is 5.32 Å². The van der Waals surface area contributed by atoms with Crippen LogP contribution in [-0.2, 0) is 20.6 Å². The van der Waals surface area contributed by atoms with E-state index in [9.17, 15) is 17.6 Å². The number of benzene rings is 3. The normalized spacial score (nSPS) is 11.1. The number of hydrogen-bond acceptors (Lipinski definition) is 6. The Hall–Kier alpha value is -3.24. The Labute approximate surface area is 222 Å². The summed E-state index contributed by atoms with van der Waals surface area (Å²) >= 11 is 1.57. The number of carbonyl (C=O) groups excluding carboxylic acids is 1. The van der Waals surface area contributed by atoms with E-state index in [1.54, 1.807) is 54.2 Å². The second-order valence-corrected chi connectivity index (χ2v) is 11.2. The first kappa shape index (κ1) is 28.3. The summed E-state index contributed by atoms with van der Waals surface area (Å²) in [4.78, 5) is 12.9. The molecule has 0 saturated heterocycles. The number of anilines is 1. The van der Waals surface area contributed by atoms with Gasteiger partial charge >= 0.3 is 0 Å². The number of ether oxygens (including phenoxy) is 2. The number of thioether (sulfide) groups is 1. The smallest absolute Gasteiger partial charge is 0.264 e. The minimum atomic E-state index is -4.10. The molecule has 0 saturated carbocycles. The molecule has 0 heterocycles. The lowest BCUT2D eigenvalue weighted by atomic mass is 10.2. The molecule has 3 aromatic rings. The number of carbonyl (C=O) groups is 1. The van der Waals surface area contributed by atoms with Crippen LogP contribution in [0.3, 0.4) is 0 Å². The van der Waals surface area contributed by atoms with Crippen LogP contribution in [0, 0.1) is 12.7 Å². The summed E-state index contributed by atoms with van der Waals surface area (Å²) in [5.74, 6) is 1.27. The minimum absolute atomic E-state index is 0.0558. The van der Waals surface area contributed by atoms with E-state index in [0.29, 0.717) is 35.8 Å². The van der Waals surface area contributed by atoms with Crippen molar-refractivity contribution in [3.63, 3.8) is 0 Å². The fraction of sp³-hybridized carbons (Fsp3) is 0.296. The van der Waals surface area contributed by atoms with Gasteiger partial charge in [0, 0.05) is 18.4 Å². The molecule has 0 atom stereocenters. The number of halogens is 1. The molecule has 0 aliphatic carbocycles. The van der Waals surface area contributed by atoms with Crippen LogP contribution in [0.15, 0.2) is 71.6 Å². The van der Waals surface area contributed by atoms with Crippen LogP contribution in [0.4, 0.5) is 10.1 Å². The van der Waals surface area contributed by atoms with Gasteiger partial charge in [-0.15, -0.1) is 0 Å². The molecule has 1 amide bonds. The summed E-state index contributed by atoms with van der Waals surface area (Å²) in [5.41, 5.74) is 1.74. The van der Waals surface area contributed by atoms with Crippen molar-refractivity contribution in [3.8, 4) is 11.5 Å². The predicted molar refractivity (Wildman–Crippen MR) is 145 cm³/mol. The summed E-state index contributed by atoms with van der Waals surface area (Å²) in [6.45, 7) is 1.78. The third-order valence-corrected chi connectivity index (χ3v) is 8.42. The van der Waals surface area contributed by atoms with Crippen molar-refractivity contribution >= 4 is 33.4 Å². The van der Waals surface area contributed by atoms with Crippen molar-refractivity contribution in [2.45, 2.75) is 24.0 Å². The molecule has 0 aliphatic rings. The maximum Gasteiger partial charge on any atom is 0.264 e. The minimum Gasteiger partial charge on any atom is -0.497 e. The van der Waals surface area contributed by atoms with E-state index >= 15 is 0 Å². The Balaban J connectivity index is 1.70. The van der Waals surface area contributed by atoms with E-state index < -0.39 is 22.5 Å². The molecule has 10 heteroatoms. The first-order valence-corrected chi connectivity index (χ1v) is 14.2. The van der Waals surface area contributed by atoms with Gasteiger partial charge < -0.3 is 14.8 Å². The molecule has 0 radical (unpaired) electrons. The average Bonchev–Trinajstić information content (AvgIpc) is 2.90. The molecular formula is C27H31FN2O5S2. The maximum absolute atomic E-state index is 13.7. The zero-order chi connectivity index (χ0) is 26.8. The van der Waals surface area contributed by atoms with Gasteiger partial charge in [0.05, 0.1) is 24.8 Å². The Kier molecular flexibility index (Phi) is 10.2. The Morgan fingerprint density at radius 3 is 2.43 bits per heavy atom. The largest absolute Gasteiger partial charge is 0.497 e. The molecule has 1 N–H and O–H groups in total. The third-order valence-electron chi connectivity index (χ3n) is 5.55. The highest BCUT2D eigenvalue weighted by atomic mass is 32.2. The molecule has 37 heavy (non-hydrogen) atoms. The summed E-state index contributed by atoms with van der Waals surface area (Å²) in [7, 11) is -1.20. The number of nitrogens with zero attached hydrogens (tertiary/aromatic N) is 1. The zero-order valence-corrected chi connectivity index (χ0v) is 22.7. The first-order valence-electron chi connectivity index (χ1n) is 11.7. The fourth-order valence-electron chi connectivity index (χ4n) is 3.51. The molecule has 0 aromatic heterocycles. The molecular weight excluding hydrogens is 515 g/mol. The second kappa shape index (κ2) is 13.3. The molecule has 3 aromatic carbocycles. The van der Waals surface area contributed by atoms with Gasteiger partial charge in [-0.25, -0.2) is 12.8 Å². The lowest BCUT2D eigenvalue weighted by Crippen LogP contribution is -2.41. The van der Waals surface area contributed by atoms with Crippen LogP contribution >= 0.6 is 11.8 Å². The topological polar surface area (TPSA) is 84.9 Å². The Morgan fingerprint density at radius 2 is 1.76 bits per heavy atom. The van der Waals surface area contributed by atoms with E-state index in [4.69, 9.17) is 9.47 Å². The van der Waals surface area contributed by atoms with Gasteiger partial charge in [0.15, 0.2) is 0 Å². The first-order chi connectivity index (χ1) is 17.8. The van der Waals surface area contributed by atoms with E-state index in [2.05, 4.69) is 5.32 Å². The van der Waals surface area contributed by atoms with Crippen molar-refractivity contribution in [2.24, 2.45) is 0 Å². The van der Waals surface area contributed by atoms with Gasteiger partial charge in [-0.3, -0.25) is 9.10 Å². The van der Waals surface area contributed by atoms with Gasteiger partial charge in [-0.05, 0) is 55.0 Å². The van der Waals surface area contributed by atoms with Crippen LogP contribution in [-0.4, -0.2) is 47.4 Å². The second-order valence-electron chi connectivity index (χ2n) is 8.21. The van der Waals surface area contributed by atoms with Crippen LogP contribution in [0.1, 0.15) is 17.5 Å². The molecule has 0 spiro atoms. The molecule has 0 fully saturated rings. The number of hydrogen-bond donors (Lipinski definition) is 1. The van der Waals surface area contributed by atoms with Gasteiger partial charge in [-0.1, -0.05) is 35.9 Å². The number of rotatable bonds is 13. The molecule has 0 aliphatic heterocycles. The van der Waals surface area contributed by atoms with Crippen molar-refractivity contribution in [3.05, 3.63) is 83.7 Å². The number of aryl methyl sites for hydroxylation is 1. The molecule has 198 valence electrons. The molecule has 3 rings (SSSR count). The Bertz CT molecular complexity index is 1300. The number of nitrogens with one attached hydrogen (secondary N) is 1. The molecule has 0 unspecified atom stereocenters. The fourth-order valence-corrected chi connectivity index (χ4v) is 5.88. The van der Waals surface area contributed by atoms with Gasteiger partial charge in [0.1, 0.15) is 23.9 Å². The van der Waals surface area contributed by atoms with Crippen LogP contribution in [0.2, 0.25) is 0 Å². The Morgan fingerprint density at radius 1 is 1.03 bits per heavy atom. The summed E-state index contributed by atoms with van der Waals surface area (Å²) in [6.07, 6.45) is 0.651. The molecule has 0 bridgehead atoms. The van der Waals surface area contributed by atoms with Crippen molar-refractivity contribution in [2.75, 3.05) is 37.4 Å². The van der Waals surface area contributed by atoms with E-state index in [1.807, 2.05) is 6.92 Å². The summed E-state index contributed by atoms with van der Waals surface area (Å²) in [6, 6.07) is 17.8. The highest BCUT2D eigenvalue weighted by molar-refractivity contribution is 7.98. The highest BCUT2D eigenvalue weighted by Gasteiger charge is 2.30. The predicted octanol–water partition coefficient (Wildman–Crippen LogP) is 4.79. The quantitative estimate of drug-likeness (QED) is 0.311. The SMILES string of the molecule is COc1ccc(OC)c(N(CC(=O)NCCCSCc2ccccc2F)S(=O)(=O)c2ccc(C)cc2)c1. The standard InChI is InChI=1S/C27H31FN2O5S2/c1-20-9-12-23(13-10-20)37(32,33)30(25-17-22(34-2)11-14-26(25)35-3)18-27(31)29-15-6-16-36-19-21-7-4-5-8-24(21)28/h4-5,7-14,17H,6,15-16,18-19H2,1-3H3,(H,29,31). The van der Waals surface area contributed by atoms with Crippen LogP contribution < -0.4 is 19.1 Å². The van der Waals surface area contributed by atoms with Crippen molar-refractivity contribution in [1.29, 1.82) is 0 Å².